The van der Waals surface area contributed by atoms with Crippen molar-refractivity contribution in [2.24, 2.45) is 5.73 Å². The second-order valence-electron chi connectivity index (χ2n) is 4.24. The van der Waals surface area contributed by atoms with Crippen molar-refractivity contribution >= 4 is 5.96 Å². The molecule has 0 unspecified atom stereocenters. The lowest BCUT2D eigenvalue weighted by molar-refractivity contribution is 0.158. The summed E-state index contributed by atoms with van der Waals surface area (Å²) in [4.78, 5) is 6.84. The van der Waals surface area contributed by atoms with Crippen molar-refractivity contribution in [1.82, 2.24) is 14.7 Å². The van der Waals surface area contributed by atoms with Crippen LogP contribution in [-0.4, -0.2) is 73.0 Å². The van der Waals surface area contributed by atoms with Gasteiger partial charge in [0.25, 0.3) is 0 Å². The first-order valence-corrected chi connectivity index (χ1v) is 6.21. The van der Waals surface area contributed by atoms with Crippen molar-refractivity contribution in [1.29, 1.82) is 5.41 Å². The number of likely N-dealkylation sites (N-methyl/N-ethyl adjacent to an activating group) is 1. The fourth-order valence-electron chi connectivity index (χ4n) is 2.04. The van der Waals surface area contributed by atoms with Crippen molar-refractivity contribution in [2.75, 3.05) is 52.4 Å². The van der Waals surface area contributed by atoms with E-state index in [-0.39, 0.29) is 5.96 Å². The first-order chi connectivity index (χ1) is 7.67. The highest BCUT2D eigenvalue weighted by Crippen LogP contribution is 2.01. The van der Waals surface area contributed by atoms with E-state index >= 15 is 0 Å². The molecule has 0 saturated carbocycles. The molecular formula is C11H25N5. The molecule has 0 aromatic rings. The Labute approximate surface area is 98.7 Å². The first-order valence-electron chi connectivity index (χ1n) is 6.21. The van der Waals surface area contributed by atoms with Crippen LogP contribution in [0.5, 0.6) is 0 Å². The highest BCUT2D eigenvalue weighted by Gasteiger charge is 2.17. The van der Waals surface area contributed by atoms with Crippen molar-refractivity contribution in [3.05, 3.63) is 0 Å². The molecule has 0 bridgehead atoms. The molecule has 0 radical (unpaired) electrons. The molecule has 3 N–H and O–H groups in total. The van der Waals surface area contributed by atoms with Gasteiger partial charge in [0.05, 0.1) is 0 Å². The zero-order valence-electron chi connectivity index (χ0n) is 10.6. The molecule has 0 amide bonds. The van der Waals surface area contributed by atoms with Crippen LogP contribution in [0.3, 0.4) is 0 Å². The smallest absolute Gasteiger partial charge is 0.188 e. The SMILES string of the molecule is CCN(CC)CCN1CCN(C(=N)N)CC1. The summed E-state index contributed by atoms with van der Waals surface area (Å²) in [5.74, 6) is 0.211. The van der Waals surface area contributed by atoms with Crippen molar-refractivity contribution in [2.45, 2.75) is 13.8 Å². The maximum atomic E-state index is 7.36. The third kappa shape index (κ3) is 3.98. The average molecular weight is 227 g/mol. The lowest BCUT2D eigenvalue weighted by Gasteiger charge is -2.35. The van der Waals surface area contributed by atoms with Crippen LogP contribution in [0.15, 0.2) is 0 Å². The predicted molar refractivity (Wildman–Crippen MR) is 67.7 cm³/mol. The summed E-state index contributed by atoms with van der Waals surface area (Å²) in [6.07, 6.45) is 0. The van der Waals surface area contributed by atoms with Gasteiger partial charge in [-0.25, -0.2) is 0 Å². The van der Waals surface area contributed by atoms with E-state index in [4.69, 9.17) is 11.1 Å². The Bertz CT molecular complexity index is 206. The van der Waals surface area contributed by atoms with Crippen molar-refractivity contribution in [3.63, 3.8) is 0 Å². The second-order valence-corrected chi connectivity index (χ2v) is 4.24. The van der Waals surface area contributed by atoms with Gasteiger partial charge in [-0.05, 0) is 13.1 Å². The molecule has 0 aliphatic carbocycles. The zero-order valence-corrected chi connectivity index (χ0v) is 10.6. The number of piperazine rings is 1. The number of hydrogen-bond donors (Lipinski definition) is 2. The summed E-state index contributed by atoms with van der Waals surface area (Å²) in [5.41, 5.74) is 5.46. The first kappa shape index (κ1) is 13.3. The van der Waals surface area contributed by atoms with Crippen LogP contribution < -0.4 is 5.73 Å². The van der Waals surface area contributed by atoms with Gasteiger partial charge in [0.1, 0.15) is 0 Å². The number of nitrogens with one attached hydrogen (secondary N) is 1. The minimum Gasteiger partial charge on any atom is -0.370 e. The van der Waals surface area contributed by atoms with Crippen LogP contribution >= 0.6 is 0 Å². The highest BCUT2D eigenvalue weighted by atomic mass is 15.3. The van der Waals surface area contributed by atoms with Gasteiger partial charge in [0.2, 0.25) is 0 Å². The van der Waals surface area contributed by atoms with Crippen molar-refractivity contribution < 1.29 is 0 Å². The van der Waals surface area contributed by atoms with Gasteiger partial charge < -0.3 is 15.5 Å². The van der Waals surface area contributed by atoms with Crippen LogP contribution in [-0.2, 0) is 0 Å². The van der Waals surface area contributed by atoms with Crippen LogP contribution in [0, 0.1) is 5.41 Å². The molecule has 1 fully saturated rings. The van der Waals surface area contributed by atoms with Crippen LogP contribution in [0.4, 0.5) is 0 Å². The predicted octanol–water partition coefficient (Wildman–Crippen LogP) is -0.161. The average Bonchev–Trinajstić information content (AvgIpc) is 2.31. The Morgan fingerprint density at radius 3 is 2.19 bits per heavy atom. The Balaban J connectivity index is 2.19. The number of nitrogens with zero attached hydrogens (tertiary/aromatic N) is 3. The normalized spacial score (nSPS) is 18.1. The fourth-order valence-corrected chi connectivity index (χ4v) is 2.04. The van der Waals surface area contributed by atoms with E-state index in [0.717, 1.165) is 52.4 Å². The highest BCUT2D eigenvalue weighted by molar-refractivity contribution is 5.74. The van der Waals surface area contributed by atoms with Gasteiger partial charge >= 0.3 is 0 Å². The molecule has 5 heteroatoms. The number of hydrogen-bond acceptors (Lipinski definition) is 3. The summed E-state index contributed by atoms with van der Waals surface area (Å²) in [5, 5.41) is 7.36. The van der Waals surface area contributed by atoms with Gasteiger partial charge in [-0.1, -0.05) is 13.8 Å². The number of nitrogens with two attached hydrogens (primary N) is 1. The van der Waals surface area contributed by atoms with Gasteiger partial charge in [-0.15, -0.1) is 0 Å². The molecule has 0 aromatic carbocycles. The van der Waals surface area contributed by atoms with Crippen LogP contribution in [0.25, 0.3) is 0 Å². The minimum absolute atomic E-state index is 0.211. The third-order valence-electron chi connectivity index (χ3n) is 3.34. The monoisotopic (exact) mass is 227 g/mol. The molecule has 5 nitrogen and oxygen atoms in total. The summed E-state index contributed by atoms with van der Waals surface area (Å²) < 4.78 is 0. The van der Waals surface area contributed by atoms with E-state index in [1.54, 1.807) is 0 Å². The van der Waals surface area contributed by atoms with E-state index in [2.05, 4.69) is 23.6 Å². The van der Waals surface area contributed by atoms with Crippen molar-refractivity contribution in [3.8, 4) is 0 Å². The van der Waals surface area contributed by atoms with E-state index in [0.29, 0.717) is 0 Å². The third-order valence-corrected chi connectivity index (χ3v) is 3.34. The Kier molecular flexibility index (Phi) is 5.55. The molecule has 1 aliphatic rings. The van der Waals surface area contributed by atoms with E-state index in [9.17, 15) is 0 Å². The Morgan fingerprint density at radius 2 is 1.75 bits per heavy atom. The summed E-state index contributed by atoms with van der Waals surface area (Å²) in [6, 6.07) is 0. The van der Waals surface area contributed by atoms with Gasteiger partial charge in [-0.2, -0.15) is 0 Å². The number of rotatable bonds is 5. The lowest BCUT2D eigenvalue weighted by atomic mass is 10.3. The molecule has 0 spiro atoms. The Morgan fingerprint density at radius 1 is 1.19 bits per heavy atom. The molecule has 1 aliphatic heterocycles. The zero-order chi connectivity index (χ0) is 12.0. The molecule has 1 rings (SSSR count). The van der Waals surface area contributed by atoms with Crippen LogP contribution in [0.2, 0.25) is 0 Å². The van der Waals surface area contributed by atoms with Gasteiger partial charge in [-0.3, -0.25) is 10.3 Å². The Hall–Kier alpha value is -0.810. The van der Waals surface area contributed by atoms with E-state index in [1.807, 2.05) is 4.90 Å². The summed E-state index contributed by atoms with van der Waals surface area (Å²) in [6.45, 7) is 12.8. The number of guanidine groups is 1. The second kappa shape index (κ2) is 6.70. The molecule has 0 atom stereocenters. The maximum Gasteiger partial charge on any atom is 0.188 e. The summed E-state index contributed by atoms with van der Waals surface area (Å²) in [7, 11) is 0. The fraction of sp³-hybridized carbons (Fsp3) is 0.909. The van der Waals surface area contributed by atoms with Gasteiger partial charge in [0.15, 0.2) is 5.96 Å². The molecule has 1 heterocycles. The van der Waals surface area contributed by atoms with Crippen LogP contribution in [0.1, 0.15) is 13.8 Å². The van der Waals surface area contributed by atoms with E-state index in [1.165, 1.54) is 0 Å². The molecule has 16 heavy (non-hydrogen) atoms. The van der Waals surface area contributed by atoms with Gasteiger partial charge in [0, 0.05) is 39.3 Å². The topological polar surface area (TPSA) is 59.6 Å². The standard InChI is InChI=1S/C11H25N5/c1-3-14(4-2)5-6-15-7-9-16(10-8-15)11(12)13/h3-10H2,1-2H3,(H3,12,13). The molecule has 94 valence electrons. The molecule has 0 aromatic heterocycles. The molecule has 1 saturated heterocycles. The summed E-state index contributed by atoms with van der Waals surface area (Å²) >= 11 is 0. The largest absolute Gasteiger partial charge is 0.370 e. The van der Waals surface area contributed by atoms with E-state index < -0.39 is 0 Å². The lowest BCUT2D eigenvalue weighted by Crippen LogP contribution is -2.51. The maximum absolute atomic E-state index is 7.36. The quantitative estimate of drug-likeness (QED) is 0.506. The minimum atomic E-state index is 0.211. The molecular weight excluding hydrogens is 202 g/mol.